The Labute approximate surface area is 97.5 Å². The molecule has 4 nitrogen and oxygen atoms in total. The van der Waals surface area contributed by atoms with E-state index in [0.29, 0.717) is 10.7 Å². The number of hydrogen-bond acceptors (Lipinski definition) is 3. The SMILES string of the molecule is C=c1nnn(-c2ccc3ncccc3c2)c1=C. The first kappa shape index (κ1) is 9.72. The summed E-state index contributed by atoms with van der Waals surface area (Å²) in [4.78, 5) is 4.27. The number of benzene rings is 1. The molecular weight excluding hydrogens is 212 g/mol. The molecule has 0 bridgehead atoms. The molecule has 0 atom stereocenters. The fraction of sp³-hybridized carbons (Fsp3) is 0. The second-order valence-electron chi connectivity index (χ2n) is 3.78. The molecule has 0 radical (unpaired) electrons. The Morgan fingerprint density at radius 2 is 2.00 bits per heavy atom. The molecule has 0 aliphatic heterocycles. The van der Waals surface area contributed by atoms with Gasteiger partial charge in [-0.15, -0.1) is 5.10 Å². The average molecular weight is 222 g/mol. The maximum absolute atomic E-state index is 4.27. The predicted octanol–water partition coefficient (Wildman–Crippen LogP) is 0.636. The first-order valence-electron chi connectivity index (χ1n) is 5.20. The van der Waals surface area contributed by atoms with Crippen LogP contribution in [-0.4, -0.2) is 20.0 Å². The summed E-state index contributed by atoms with van der Waals surface area (Å²) in [6.07, 6.45) is 1.78. The van der Waals surface area contributed by atoms with Crippen LogP contribution in [0, 0.1) is 0 Å². The fourth-order valence-corrected chi connectivity index (χ4v) is 1.73. The summed E-state index contributed by atoms with van der Waals surface area (Å²) in [6.45, 7) is 7.66. The van der Waals surface area contributed by atoms with Gasteiger partial charge in [0.25, 0.3) is 0 Å². The smallest absolute Gasteiger partial charge is 0.105 e. The first-order chi connectivity index (χ1) is 8.25. The van der Waals surface area contributed by atoms with E-state index in [2.05, 4.69) is 28.5 Å². The molecule has 4 heteroatoms. The van der Waals surface area contributed by atoms with Crippen molar-refractivity contribution in [1.82, 2.24) is 20.0 Å². The summed E-state index contributed by atoms with van der Waals surface area (Å²) in [6, 6.07) is 9.82. The molecule has 0 aliphatic rings. The Balaban J connectivity index is 2.28. The van der Waals surface area contributed by atoms with E-state index in [0.717, 1.165) is 16.6 Å². The zero-order valence-electron chi connectivity index (χ0n) is 9.17. The normalized spacial score (nSPS) is 10.8. The van der Waals surface area contributed by atoms with Crippen LogP contribution in [0.25, 0.3) is 29.7 Å². The lowest BCUT2D eigenvalue weighted by atomic mass is 10.2. The van der Waals surface area contributed by atoms with Gasteiger partial charge in [0, 0.05) is 11.6 Å². The molecule has 82 valence electrons. The van der Waals surface area contributed by atoms with Crippen molar-refractivity contribution in [2.75, 3.05) is 0 Å². The number of nitrogens with zero attached hydrogens (tertiary/aromatic N) is 4. The van der Waals surface area contributed by atoms with Gasteiger partial charge in [-0.2, -0.15) is 0 Å². The van der Waals surface area contributed by atoms with Crippen molar-refractivity contribution < 1.29 is 0 Å². The van der Waals surface area contributed by atoms with Gasteiger partial charge in [-0.25, -0.2) is 4.68 Å². The topological polar surface area (TPSA) is 43.6 Å². The molecule has 17 heavy (non-hydrogen) atoms. The third kappa shape index (κ3) is 1.50. The van der Waals surface area contributed by atoms with Crippen LogP contribution >= 0.6 is 0 Å². The van der Waals surface area contributed by atoms with Crippen LogP contribution in [0.5, 0.6) is 0 Å². The summed E-state index contributed by atoms with van der Waals surface area (Å²) in [5, 5.41) is 10.3. The van der Waals surface area contributed by atoms with E-state index in [1.165, 1.54) is 0 Å². The maximum atomic E-state index is 4.27. The highest BCUT2D eigenvalue weighted by Crippen LogP contribution is 2.14. The van der Waals surface area contributed by atoms with E-state index in [4.69, 9.17) is 0 Å². The molecule has 1 aromatic carbocycles. The van der Waals surface area contributed by atoms with Gasteiger partial charge in [0.2, 0.25) is 0 Å². The number of hydrogen-bond donors (Lipinski definition) is 0. The fourth-order valence-electron chi connectivity index (χ4n) is 1.73. The van der Waals surface area contributed by atoms with E-state index in [1.807, 2.05) is 30.3 Å². The molecule has 3 rings (SSSR count). The quantitative estimate of drug-likeness (QED) is 0.606. The van der Waals surface area contributed by atoms with Crippen LogP contribution in [0.3, 0.4) is 0 Å². The van der Waals surface area contributed by atoms with Gasteiger partial charge in [0.1, 0.15) is 5.35 Å². The van der Waals surface area contributed by atoms with Crippen LogP contribution in [-0.2, 0) is 0 Å². The Morgan fingerprint density at radius 3 is 2.76 bits per heavy atom. The van der Waals surface area contributed by atoms with Crippen molar-refractivity contribution in [2.24, 2.45) is 0 Å². The summed E-state index contributed by atoms with van der Waals surface area (Å²) in [7, 11) is 0. The molecule has 0 unspecified atom stereocenters. The molecule has 3 aromatic rings. The highest BCUT2D eigenvalue weighted by Gasteiger charge is 2.01. The number of fused-ring (bicyclic) bond motifs is 1. The second kappa shape index (κ2) is 3.52. The zero-order chi connectivity index (χ0) is 11.8. The lowest BCUT2D eigenvalue weighted by molar-refractivity contribution is 0.789. The Kier molecular flexibility index (Phi) is 2.01. The largest absolute Gasteiger partial charge is 0.256 e. The zero-order valence-corrected chi connectivity index (χ0v) is 9.17. The molecule has 0 aliphatic carbocycles. The van der Waals surface area contributed by atoms with Gasteiger partial charge in [0.05, 0.1) is 16.6 Å². The van der Waals surface area contributed by atoms with Crippen molar-refractivity contribution in [3.63, 3.8) is 0 Å². The molecule has 2 aromatic heterocycles. The van der Waals surface area contributed by atoms with E-state index in [-0.39, 0.29) is 0 Å². The molecular formula is C13H10N4. The molecule has 0 spiro atoms. The molecule has 0 N–H and O–H groups in total. The average Bonchev–Trinajstić information content (AvgIpc) is 2.70. The molecule has 2 heterocycles. The van der Waals surface area contributed by atoms with Crippen LogP contribution in [0.1, 0.15) is 0 Å². The van der Waals surface area contributed by atoms with Crippen molar-refractivity contribution in [3.05, 3.63) is 47.2 Å². The molecule has 0 fully saturated rings. The molecule has 0 saturated heterocycles. The minimum absolute atomic E-state index is 0.594. The highest BCUT2D eigenvalue weighted by atomic mass is 15.4. The summed E-state index contributed by atoms with van der Waals surface area (Å²) < 4.78 is 1.68. The van der Waals surface area contributed by atoms with E-state index in [9.17, 15) is 0 Å². The van der Waals surface area contributed by atoms with Gasteiger partial charge < -0.3 is 0 Å². The minimum atomic E-state index is 0.594. The summed E-state index contributed by atoms with van der Waals surface area (Å²) >= 11 is 0. The molecule has 0 amide bonds. The van der Waals surface area contributed by atoms with Gasteiger partial charge in [0.15, 0.2) is 0 Å². The van der Waals surface area contributed by atoms with Crippen LogP contribution in [0.4, 0.5) is 0 Å². The van der Waals surface area contributed by atoms with Crippen LogP contribution < -0.4 is 10.7 Å². The number of pyridine rings is 1. The third-order valence-corrected chi connectivity index (χ3v) is 2.67. The predicted molar refractivity (Wildman–Crippen MR) is 67.0 cm³/mol. The highest BCUT2D eigenvalue weighted by molar-refractivity contribution is 5.80. The Morgan fingerprint density at radius 1 is 1.12 bits per heavy atom. The van der Waals surface area contributed by atoms with Gasteiger partial charge >= 0.3 is 0 Å². The standard InChI is InChI=1S/C13H10N4/c1-9-10(2)17(16-15-9)12-5-6-13-11(8-12)4-3-7-14-13/h3-8H,1-2H2. The van der Waals surface area contributed by atoms with E-state index < -0.39 is 0 Å². The van der Waals surface area contributed by atoms with E-state index in [1.54, 1.807) is 10.9 Å². The van der Waals surface area contributed by atoms with Crippen molar-refractivity contribution >= 4 is 24.1 Å². The maximum Gasteiger partial charge on any atom is 0.105 e. The Bertz CT molecular complexity index is 789. The minimum Gasteiger partial charge on any atom is -0.256 e. The summed E-state index contributed by atoms with van der Waals surface area (Å²) in [5.74, 6) is 0. The van der Waals surface area contributed by atoms with Crippen LogP contribution in [0.15, 0.2) is 36.5 Å². The first-order valence-corrected chi connectivity index (χ1v) is 5.20. The van der Waals surface area contributed by atoms with Crippen LogP contribution in [0.2, 0.25) is 0 Å². The van der Waals surface area contributed by atoms with Gasteiger partial charge in [-0.3, -0.25) is 4.98 Å². The third-order valence-electron chi connectivity index (χ3n) is 2.67. The molecule has 0 saturated carbocycles. The number of rotatable bonds is 1. The Hall–Kier alpha value is -2.49. The van der Waals surface area contributed by atoms with E-state index >= 15 is 0 Å². The van der Waals surface area contributed by atoms with Crippen molar-refractivity contribution in [2.45, 2.75) is 0 Å². The lowest BCUT2D eigenvalue weighted by Crippen LogP contribution is -2.26. The summed E-state index contributed by atoms with van der Waals surface area (Å²) in [5.41, 5.74) is 1.87. The lowest BCUT2D eigenvalue weighted by Gasteiger charge is -2.02. The monoisotopic (exact) mass is 222 g/mol. The van der Waals surface area contributed by atoms with Crippen molar-refractivity contribution in [3.8, 4) is 5.69 Å². The van der Waals surface area contributed by atoms with Gasteiger partial charge in [-0.1, -0.05) is 24.4 Å². The number of aromatic nitrogens is 4. The van der Waals surface area contributed by atoms with Crippen molar-refractivity contribution in [1.29, 1.82) is 0 Å². The second-order valence-corrected chi connectivity index (χ2v) is 3.78. The van der Waals surface area contributed by atoms with Gasteiger partial charge in [-0.05, 0) is 24.3 Å².